The molecule has 1 N–H and O–H groups in total. The molecule has 0 atom stereocenters. The molecule has 0 saturated carbocycles. The van der Waals surface area contributed by atoms with Crippen LogP contribution in [0.4, 0.5) is 11.4 Å². The average Bonchev–Trinajstić information content (AvgIpc) is 2.78. The topological polar surface area (TPSA) is 78.4 Å². The van der Waals surface area contributed by atoms with Crippen LogP contribution in [-0.2, 0) is 0 Å². The summed E-state index contributed by atoms with van der Waals surface area (Å²) < 4.78 is 16.0. The van der Waals surface area contributed by atoms with E-state index in [0.29, 0.717) is 17.0 Å². The molecule has 7 heteroatoms. The molecule has 0 spiro atoms. The lowest BCUT2D eigenvalue weighted by atomic mass is 10.1. The molecule has 146 valence electrons. The summed E-state index contributed by atoms with van der Waals surface area (Å²) >= 11 is 0. The first-order chi connectivity index (χ1) is 14.2. The first kappa shape index (κ1) is 18.5. The zero-order chi connectivity index (χ0) is 20.2. The number of fused-ring (bicyclic) bond motifs is 1. The molecule has 0 aliphatic carbocycles. The fourth-order valence-corrected chi connectivity index (χ4v) is 3.02. The predicted octanol–water partition coefficient (Wildman–Crippen LogP) is 4.46. The number of nitrogens with zero attached hydrogens (tertiary/aromatic N) is 3. The Morgan fingerprint density at radius 3 is 2.48 bits per heavy atom. The summed E-state index contributed by atoms with van der Waals surface area (Å²) in [7, 11) is 4.85. The molecule has 2 heterocycles. The molecule has 2 aromatic heterocycles. The van der Waals surface area contributed by atoms with E-state index in [1.54, 1.807) is 39.9 Å². The van der Waals surface area contributed by atoms with Crippen LogP contribution in [0.2, 0.25) is 0 Å². The van der Waals surface area contributed by atoms with Gasteiger partial charge in [-0.2, -0.15) is 0 Å². The highest BCUT2D eigenvalue weighted by atomic mass is 16.5. The molecule has 29 heavy (non-hydrogen) atoms. The van der Waals surface area contributed by atoms with Gasteiger partial charge in [0.05, 0.1) is 51.3 Å². The summed E-state index contributed by atoms with van der Waals surface area (Å²) in [4.78, 5) is 13.6. The SMILES string of the molecule is COc1cccc(Nc2cncc3ncc(-c4ccc(OC)c(OC)c4)nc23)c1. The van der Waals surface area contributed by atoms with E-state index in [9.17, 15) is 0 Å². The highest BCUT2D eigenvalue weighted by Crippen LogP contribution is 2.33. The van der Waals surface area contributed by atoms with Crippen molar-refractivity contribution in [2.24, 2.45) is 0 Å². The van der Waals surface area contributed by atoms with Crippen molar-refractivity contribution in [3.63, 3.8) is 0 Å². The van der Waals surface area contributed by atoms with Crippen molar-refractivity contribution in [3.05, 3.63) is 61.1 Å². The van der Waals surface area contributed by atoms with Crippen LogP contribution < -0.4 is 19.5 Å². The van der Waals surface area contributed by atoms with Gasteiger partial charge in [0.1, 0.15) is 16.8 Å². The van der Waals surface area contributed by atoms with Crippen LogP contribution in [0.5, 0.6) is 17.2 Å². The third-order valence-corrected chi connectivity index (χ3v) is 4.48. The van der Waals surface area contributed by atoms with Gasteiger partial charge in [0.15, 0.2) is 11.5 Å². The van der Waals surface area contributed by atoms with E-state index < -0.39 is 0 Å². The highest BCUT2D eigenvalue weighted by molar-refractivity contribution is 5.90. The number of anilines is 2. The number of aromatic nitrogens is 3. The highest BCUT2D eigenvalue weighted by Gasteiger charge is 2.11. The van der Waals surface area contributed by atoms with Gasteiger partial charge in [-0.25, -0.2) is 4.98 Å². The maximum absolute atomic E-state index is 5.40. The Balaban J connectivity index is 1.76. The zero-order valence-corrected chi connectivity index (χ0v) is 16.3. The molecule has 0 bridgehead atoms. The molecular formula is C22H20N4O3. The lowest BCUT2D eigenvalue weighted by Crippen LogP contribution is -1.97. The number of hydrogen-bond donors (Lipinski definition) is 1. The number of rotatable bonds is 6. The minimum Gasteiger partial charge on any atom is -0.497 e. The summed E-state index contributed by atoms with van der Waals surface area (Å²) in [5.41, 5.74) is 4.64. The van der Waals surface area contributed by atoms with Crippen LogP contribution in [0.3, 0.4) is 0 Å². The quantitative estimate of drug-likeness (QED) is 0.522. The van der Waals surface area contributed by atoms with Crippen molar-refractivity contribution in [1.29, 1.82) is 0 Å². The molecule has 0 aliphatic rings. The Morgan fingerprint density at radius 1 is 0.828 bits per heavy atom. The second kappa shape index (κ2) is 8.02. The van der Waals surface area contributed by atoms with Crippen molar-refractivity contribution in [3.8, 4) is 28.5 Å². The van der Waals surface area contributed by atoms with Gasteiger partial charge in [-0.3, -0.25) is 9.97 Å². The molecule has 0 fully saturated rings. The molecule has 4 aromatic rings. The normalized spacial score (nSPS) is 10.6. The van der Waals surface area contributed by atoms with Crippen LogP contribution in [0.25, 0.3) is 22.3 Å². The molecule has 4 rings (SSSR count). The van der Waals surface area contributed by atoms with Gasteiger partial charge in [-0.1, -0.05) is 6.07 Å². The Labute approximate surface area is 168 Å². The fourth-order valence-electron chi connectivity index (χ4n) is 3.02. The van der Waals surface area contributed by atoms with Gasteiger partial charge in [-0.05, 0) is 30.3 Å². The summed E-state index contributed by atoms with van der Waals surface area (Å²) in [5.74, 6) is 2.06. The lowest BCUT2D eigenvalue weighted by molar-refractivity contribution is 0.355. The zero-order valence-electron chi connectivity index (χ0n) is 16.3. The standard InChI is InChI=1S/C22H20N4O3/c1-27-16-6-4-5-15(10-16)25-19-12-23-11-18-22(19)26-17(13-24-18)14-7-8-20(28-2)21(9-14)29-3/h4-13,25H,1-3H3. The van der Waals surface area contributed by atoms with Crippen LogP contribution >= 0.6 is 0 Å². The van der Waals surface area contributed by atoms with Crippen molar-refractivity contribution >= 4 is 22.4 Å². The maximum Gasteiger partial charge on any atom is 0.161 e. The maximum atomic E-state index is 5.40. The number of pyridine rings is 1. The molecular weight excluding hydrogens is 368 g/mol. The molecule has 2 aromatic carbocycles. The van der Waals surface area contributed by atoms with E-state index in [1.165, 1.54) is 0 Å². The van der Waals surface area contributed by atoms with Crippen molar-refractivity contribution in [2.75, 3.05) is 26.6 Å². The monoisotopic (exact) mass is 388 g/mol. The molecule has 0 amide bonds. The van der Waals surface area contributed by atoms with E-state index in [4.69, 9.17) is 19.2 Å². The van der Waals surface area contributed by atoms with Crippen molar-refractivity contribution in [2.45, 2.75) is 0 Å². The summed E-state index contributed by atoms with van der Waals surface area (Å²) in [6.07, 6.45) is 5.15. The van der Waals surface area contributed by atoms with E-state index in [0.717, 1.165) is 33.9 Å². The number of ether oxygens (including phenoxy) is 3. The van der Waals surface area contributed by atoms with Gasteiger partial charge in [0, 0.05) is 17.3 Å². The van der Waals surface area contributed by atoms with Gasteiger partial charge in [0.2, 0.25) is 0 Å². The molecule has 0 saturated heterocycles. The van der Waals surface area contributed by atoms with Crippen LogP contribution in [0.1, 0.15) is 0 Å². The van der Waals surface area contributed by atoms with E-state index in [1.807, 2.05) is 42.5 Å². The second-order valence-corrected chi connectivity index (χ2v) is 6.24. The summed E-state index contributed by atoms with van der Waals surface area (Å²) in [5, 5.41) is 3.35. The molecule has 0 radical (unpaired) electrons. The number of hydrogen-bond acceptors (Lipinski definition) is 7. The number of benzene rings is 2. The molecule has 0 unspecified atom stereocenters. The van der Waals surface area contributed by atoms with Gasteiger partial charge >= 0.3 is 0 Å². The average molecular weight is 388 g/mol. The van der Waals surface area contributed by atoms with Gasteiger partial charge in [-0.15, -0.1) is 0 Å². The molecule has 7 nitrogen and oxygen atoms in total. The van der Waals surface area contributed by atoms with Crippen LogP contribution in [0.15, 0.2) is 61.1 Å². The van der Waals surface area contributed by atoms with Crippen molar-refractivity contribution < 1.29 is 14.2 Å². The Hall–Kier alpha value is -3.87. The van der Waals surface area contributed by atoms with E-state index >= 15 is 0 Å². The third-order valence-electron chi connectivity index (χ3n) is 4.48. The van der Waals surface area contributed by atoms with E-state index in [2.05, 4.69) is 15.3 Å². The largest absolute Gasteiger partial charge is 0.497 e. The number of nitrogens with one attached hydrogen (secondary N) is 1. The minimum atomic E-state index is 0.636. The Kier molecular flexibility index (Phi) is 5.11. The van der Waals surface area contributed by atoms with E-state index in [-0.39, 0.29) is 0 Å². The predicted molar refractivity (Wildman–Crippen MR) is 112 cm³/mol. The summed E-state index contributed by atoms with van der Waals surface area (Å²) in [6.45, 7) is 0. The van der Waals surface area contributed by atoms with Crippen LogP contribution in [-0.4, -0.2) is 36.3 Å². The second-order valence-electron chi connectivity index (χ2n) is 6.24. The van der Waals surface area contributed by atoms with Gasteiger partial charge in [0.25, 0.3) is 0 Å². The van der Waals surface area contributed by atoms with Crippen molar-refractivity contribution in [1.82, 2.24) is 15.0 Å². The first-order valence-corrected chi connectivity index (χ1v) is 8.96. The lowest BCUT2D eigenvalue weighted by Gasteiger charge is -2.12. The third kappa shape index (κ3) is 3.75. The Morgan fingerprint density at radius 2 is 1.69 bits per heavy atom. The van der Waals surface area contributed by atoms with Crippen LogP contribution in [0, 0.1) is 0 Å². The minimum absolute atomic E-state index is 0.636. The molecule has 0 aliphatic heterocycles. The number of methoxy groups -OCH3 is 3. The smallest absolute Gasteiger partial charge is 0.161 e. The van der Waals surface area contributed by atoms with Gasteiger partial charge < -0.3 is 19.5 Å². The fraction of sp³-hybridized carbons (Fsp3) is 0.136. The summed E-state index contributed by atoms with van der Waals surface area (Å²) in [6, 6.07) is 13.3. The Bertz CT molecular complexity index is 1160. The first-order valence-electron chi connectivity index (χ1n) is 8.96.